The van der Waals surface area contributed by atoms with E-state index in [1.165, 1.54) is 13.8 Å². The molecule has 6 nitrogen and oxygen atoms in total. The fourth-order valence-corrected chi connectivity index (χ4v) is 6.26. The minimum atomic E-state index is -6.12. The number of hydrogen-bond acceptors (Lipinski definition) is 6. The lowest BCUT2D eigenvalue weighted by Crippen LogP contribution is -2.70. The second kappa shape index (κ2) is 13.2. The molecule has 2 aromatic rings. The molecule has 0 aliphatic heterocycles. The van der Waals surface area contributed by atoms with Gasteiger partial charge in [-0.2, -0.15) is 26.3 Å². The third-order valence-corrected chi connectivity index (χ3v) is 10.7. The Morgan fingerprint density at radius 3 is 1.17 bits per heavy atom. The van der Waals surface area contributed by atoms with Gasteiger partial charge in [0.25, 0.3) is 5.60 Å². The summed E-state index contributed by atoms with van der Waals surface area (Å²) in [6, 6.07) is 6.93. The van der Waals surface area contributed by atoms with Crippen molar-refractivity contribution in [1.29, 1.82) is 0 Å². The van der Waals surface area contributed by atoms with Gasteiger partial charge in [0, 0.05) is 0 Å². The van der Waals surface area contributed by atoms with Gasteiger partial charge in [-0.05, 0) is 175 Å². The summed E-state index contributed by atoms with van der Waals surface area (Å²) in [5.41, 5.74) is -14.8. The van der Waals surface area contributed by atoms with Gasteiger partial charge in [-0.3, -0.25) is 0 Å². The first-order valence-corrected chi connectivity index (χ1v) is 17.2. The summed E-state index contributed by atoms with van der Waals surface area (Å²) in [6.45, 7) is 30.4. The topological polar surface area (TPSA) is 88.4 Å². The summed E-state index contributed by atoms with van der Waals surface area (Å²) >= 11 is 0. The normalized spacial score (nSPS) is 15.4. The molecule has 0 aliphatic carbocycles. The van der Waals surface area contributed by atoms with Gasteiger partial charge < -0.3 is 29.5 Å². The number of aliphatic hydroxyl groups is 3. The average Bonchev–Trinajstić information content (AvgIpc) is 2.86. The molecule has 2 aromatic carbocycles. The first kappa shape index (κ1) is 45.9. The number of ether oxygens (including phenoxy) is 3. The highest BCUT2D eigenvalue weighted by Gasteiger charge is 2.78. The van der Waals surface area contributed by atoms with Crippen LogP contribution in [-0.2, 0) is 31.0 Å². The number of halogens is 6. The number of allylic oxidation sites excluding steroid dienone is 1. The van der Waals surface area contributed by atoms with E-state index in [2.05, 4.69) is 6.58 Å². The zero-order chi connectivity index (χ0) is 41.5. The van der Waals surface area contributed by atoms with Crippen molar-refractivity contribution in [2.45, 2.75) is 180 Å². The van der Waals surface area contributed by atoms with Crippen LogP contribution in [0.1, 0.15) is 140 Å². The molecule has 52 heavy (non-hydrogen) atoms. The second-order valence-electron chi connectivity index (χ2n) is 18.1. The number of alkyl halides is 6. The van der Waals surface area contributed by atoms with Crippen LogP contribution in [0.25, 0.3) is 16.3 Å². The Labute approximate surface area is 305 Å². The third kappa shape index (κ3) is 8.52. The predicted molar refractivity (Wildman–Crippen MR) is 193 cm³/mol. The van der Waals surface area contributed by atoms with E-state index in [0.29, 0.717) is 46.9 Å². The first-order chi connectivity index (χ1) is 22.5. The van der Waals surface area contributed by atoms with Gasteiger partial charge in [-0.1, -0.05) is 12.2 Å². The summed E-state index contributed by atoms with van der Waals surface area (Å²) in [4.78, 5) is 0. The summed E-state index contributed by atoms with van der Waals surface area (Å²) in [5, 5.41) is 33.4. The second-order valence-corrected chi connectivity index (χ2v) is 18.1. The molecule has 0 unspecified atom stereocenters. The van der Waals surface area contributed by atoms with Crippen LogP contribution in [0.3, 0.4) is 0 Å². The molecule has 0 heterocycles. The molecule has 0 fully saturated rings. The Bertz CT molecular complexity index is 1630. The van der Waals surface area contributed by atoms with E-state index in [9.17, 15) is 41.7 Å². The van der Waals surface area contributed by atoms with Crippen molar-refractivity contribution in [2.24, 2.45) is 0 Å². The molecule has 0 amide bonds. The van der Waals surface area contributed by atoms with Crippen molar-refractivity contribution in [3.05, 3.63) is 53.1 Å². The van der Waals surface area contributed by atoms with Crippen molar-refractivity contribution < 1.29 is 55.9 Å². The third-order valence-electron chi connectivity index (χ3n) is 10.7. The molecule has 0 aliphatic rings. The van der Waals surface area contributed by atoms with Crippen molar-refractivity contribution in [2.75, 3.05) is 0 Å². The fourth-order valence-electron chi connectivity index (χ4n) is 6.26. The van der Waals surface area contributed by atoms with Gasteiger partial charge in [0.05, 0.1) is 39.2 Å². The Kier molecular flexibility index (Phi) is 11.7. The summed E-state index contributed by atoms with van der Waals surface area (Å²) in [5.74, 6) is 0. The van der Waals surface area contributed by atoms with Crippen LogP contribution in [-0.4, -0.2) is 61.3 Å². The van der Waals surface area contributed by atoms with Gasteiger partial charge in [-0.25, -0.2) is 0 Å². The average molecular weight is 751 g/mol. The van der Waals surface area contributed by atoms with Crippen molar-refractivity contribution in [3.63, 3.8) is 0 Å². The van der Waals surface area contributed by atoms with Crippen molar-refractivity contribution in [1.82, 2.24) is 0 Å². The SMILES string of the molecule is C=C(C)c1cc(C(C)(C)OC(C)(C)C(O)(C(F)(F)F)C(F)(F)F)cc2c(C(C)(C)OC(C)(C)C(C)(C)O)cc(C(C)(C)OC(C)(C)C(C)(C)O)cc12. The minimum absolute atomic E-state index is 0.197. The number of benzene rings is 2. The van der Waals surface area contributed by atoms with E-state index in [0.717, 1.165) is 0 Å². The molecule has 0 saturated carbocycles. The number of hydrogen-bond donors (Lipinski definition) is 3. The smallest absolute Gasteiger partial charge is 0.387 e. The van der Waals surface area contributed by atoms with E-state index in [1.54, 1.807) is 88.3 Å². The Morgan fingerprint density at radius 2 is 0.827 bits per heavy atom. The lowest BCUT2D eigenvalue weighted by atomic mass is 9.79. The number of rotatable bonds is 13. The molecule has 3 N–H and O–H groups in total. The Hall–Kier alpha value is -2.22. The molecule has 0 aromatic heterocycles. The van der Waals surface area contributed by atoms with Crippen LogP contribution in [0.5, 0.6) is 0 Å². The van der Waals surface area contributed by atoms with Crippen LogP contribution < -0.4 is 0 Å². The zero-order valence-electron chi connectivity index (χ0n) is 33.9. The summed E-state index contributed by atoms with van der Waals surface area (Å²) in [6.07, 6.45) is -12.2. The highest BCUT2D eigenvalue weighted by molar-refractivity contribution is 5.97. The van der Waals surface area contributed by atoms with Crippen LogP contribution >= 0.6 is 0 Å². The molecule has 0 radical (unpaired) electrons. The minimum Gasteiger partial charge on any atom is -0.387 e. The van der Waals surface area contributed by atoms with Crippen LogP contribution in [0, 0.1) is 0 Å². The summed E-state index contributed by atoms with van der Waals surface area (Å²) in [7, 11) is 0. The Morgan fingerprint density at radius 1 is 0.500 bits per heavy atom. The molecule has 12 heteroatoms. The molecule has 0 bridgehead atoms. The quantitative estimate of drug-likeness (QED) is 0.177. The van der Waals surface area contributed by atoms with Crippen LogP contribution in [0.15, 0.2) is 30.8 Å². The van der Waals surface area contributed by atoms with Gasteiger partial charge in [-0.15, -0.1) is 0 Å². The van der Waals surface area contributed by atoms with Crippen LogP contribution in [0.2, 0.25) is 0 Å². The number of fused-ring (bicyclic) bond motifs is 1. The highest BCUT2D eigenvalue weighted by Crippen LogP contribution is 2.53. The van der Waals surface area contributed by atoms with E-state index in [4.69, 9.17) is 14.2 Å². The molecule has 2 rings (SSSR count). The molecular formula is C40H60F6O6. The van der Waals surface area contributed by atoms with Crippen molar-refractivity contribution in [3.8, 4) is 0 Å². The fraction of sp³-hybridized carbons (Fsp3) is 0.700. The lowest BCUT2D eigenvalue weighted by molar-refractivity contribution is -0.420. The first-order valence-electron chi connectivity index (χ1n) is 17.2. The van der Waals surface area contributed by atoms with Crippen molar-refractivity contribution >= 4 is 16.3 Å². The predicted octanol–water partition coefficient (Wildman–Crippen LogP) is 10.4. The van der Waals surface area contributed by atoms with Gasteiger partial charge in [0.1, 0.15) is 5.60 Å². The standard InChI is InChI=1S/C40H60F6O6/c1-23(2)26-19-24(30(3,4)51-37(17,18)38(49,39(41,42)43)40(44,45)46)21-28-27(26)20-25(31(5,6)50-35(13,14)33(9,10)47)22-29(28)32(7,8)52-36(15,16)34(11,12)48/h19-22,47-49H,1H2,2-18H3. The molecule has 0 spiro atoms. The van der Waals surface area contributed by atoms with E-state index < -0.39 is 62.8 Å². The summed E-state index contributed by atoms with van der Waals surface area (Å²) < 4.78 is 103. The Balaban J connectivity index is 3.13. The van der Waals surface area contributed by atoms with Gasteiger partial charge in [0.15, 0.2) is 0 Å². The maximum absolute atomic E-state index is 14.0. The molecule has 0 saturated heterocycles. The molecule has 0 atom stereocenters. The van der Waals surface area contributed by atoms with E-state index in [1.807, 2.05) is 26.0 Å². The molecule has 298 valence electrons. The van der Waals surface area contributed by atoms with E-state index >= 15 is 0 Å². The zero-order valence-corrected chi connectivity index (χ0v) is 33.9. The monoisotopic (exact) mass is 750 g/mol. The van der Waals surface area contributed by atoms with Crippen LogP contribution in [0.4, 0.5) is 26.3 Å². The van der Waals surface area contributed by atoms with Gasteiger partial charge in [0.2, 0.25) is 0 Å². The van der Waals surface area contributed by atoms with E-state index in [-0.39, 0.29) is 5.56 Å². The molecular weight excluding hydrogens is 690 g/mol. The highest BCUT2D eigenvalue weighted by atomic mass is 19.4. The maximum Gasteiger partial charge on any atom is 0.429 e. The largest absolute Gasteiger partial charge is 0.429 e. The van der Waals surface area contributed by atoms with Gasteiger partial charge >= 0.3 is 12.4 Å². The lowest BCUT2D eigenvalue weighted by Gasteiger charge is -2.47. The maximum atomic E-state index is 14.0.